The van der Waals surface area contributed by atoms with E-state index >= 15 is 0 Å². The van der Waals surface area contributed by atoms with Crippen LogP contribution in [0, 0.1) is 0 Å². The third-order valence-corrected chi connectivity index (χ3v) is 7.47. The summed E-state index contributed by atoms with van der Waals surface area (Å²) in [5.74, 6) is -0.141. The second kappa shape index (κ2) is 10.1. The van der Waals surface area contributed by atoms with Crippen molar-refractivity contribution in [3.05, 3.63) is 84.9 Å². The maximum absolute atomic E-state index is 13.2. The van der Waals surface area contributed by atoms with Crippen molar-refractivity contribution < 1.29 is 22.7 Å². The summed E-state index contributed by atoms with van der Waals surface area (Å²) in [6.07, 6.45) is -0.150. The zero-order valence-electron chi connectivity index (χ0n) is 18.1. The molecule has 0 aliphatic carbocycles. The van der Waals surface area contributed by atoms with Crippen molar-refractivity contribution in [3.8, 4) is 5.75 Å². The van der Waals surface area contributed by atoms with Crippen LogP contribution in [-0.4, -0.2) is 37.8 Å². The van der Waals surface area contributed by atoms with Gasteiger partial charge in [-0.2, -0.15) is 8.42 Å². The molecule has 0 saturated carbocycles. The molecule has 0 radical (unpaired) electrons. The Bertz CT molecular complexity index is 1310. The maximum atomic E-state index is 13.2. The van der Waals surface area contributed by atoms with Gasteiger partial charge in [-0.3, -0.25) is 14.5 Å². The van der Waals surface area contributed by atoms with Crippen molar-refractivity contribution in [2.24, 2.45) is 4.40 Å². The van der Waals surface area contributed by atoms with E-state index in [2.05, 4.69) is 9.71 Å². The minimum Gasteiger partial charge on any atom is -0.497 e. The number of hydrogen-bond acceptors (Lipinski definition) is 6. The Kier molecular flexibility index (Phi) is 6.99. The molecule has 3 aromatic rings. The van der Waals surface area contributed by atoms with Crippen molar-refractivity contribution >= 4 is 50.1 Å². The van der Waals surface area contributed by atoms with Gasteiger partial charge >= 0.3 is 0 Å². The van der Waals surface area contributed by atoms with Crippen LogP contribution >= 0.6 is 11.8 Å². The van der Waals surface area contributed by atoms with Crippen LogP contribution in [0.25, 0.3) is 0 Å². The average Bonchev–Trinajstić information content (AvgIpc) is 3.14. The van der Waals surface area contributed by atoms with E-state index in [9.17, 15) is 18.0 Å². The summed E-state index contributed by atoms with van der Waals surface area (Å²) in [6, 6.07) is 23.2. The molecule has 0 bridgehead atoms. The predicted octanol–water partition coefficient (Wildman–Crippen LogP) is 3.92. The Hall–Kier alpha value is -3.63. The number of sulfonamides is 1. The van der Waals surface area contributed by atoms with E-state index in [0.717, 1.165) is 11.8 Å². The molecule has 10 heteroatoms. The van der Waals surface area contributed by atoms with E-state index in [4.69, 9.17) is 4.74 Å². The minimum absolute atomic E-state index is 0.00213. The van der Waals surface area contributed by atoms with Crippen LogP contribution in [0.5, 0.6) is 5.75 Å². The number of carbonyl (C=O) groups excluding carboxylic acids is 2. The molecule has 0 spiro atoms. The molecule has 2 amide bonds. The number of para-hydroxylation sites is 1. The van der Waals surface area contributed by atoms with Crippen LogP contribution in [0.15, 0.2) is 94.2 Å². The van der Waals surface area contributed by atoms with E-state index < -0.39 is 21.2 Å². The van der Waals surface area contributed by atoms with Crippen molar-refractivity contribution in [2.75, 3.05) is 17.3 Å². The molecule has 1 heterocycles. The fraction of sp³-hybridized carbons (Fsp3) is 0.125. The topological polar surface area (TPSA) is 105 Å². The molecule has 34 heavy (non-hydrogen) atoms. The summed E-state index contributed by atoms with van der Waals surface area (Å²) >= 11 is 0.955. The molecule has 1 aliphatic heterocycles. The Morgan fingerprint density at radius 2 is 1.62 bits per heavy atom. The molecule has 0 unspecified atom stereocenters. The molecule has 1 saturated heterocycles. The normalized spacial score (nSPS) is 17.1. The second-order valence-electron chi connectivity index (χ2n) is 7.26. The Morgan fingerprint density at radius 1 is 1.00 bits per heavy atom. The van der Waals surface area contributed by atoms with E-state index in [1.54, 1.807) is 79.9 Å². The van der Waals surface area contributed by atoms with E-state index in [1.807, 2.05) is 0 Å². The van der Waals surface area contributed by atoms with Crippen LogP contribution < -0.4 is 15.0 Å². The van der Waals surface area contributed by atoms with Gasteiger partial charge in [-0.25, -0.2) is 0 Å². The molecular weight excluding hydrogens is 474 g/mol. The fourth-order valence-corrected chi connectivity index (χ4v) is 5.63. The number of nitrogens with zero attached hydrogens (tertiary/aromatic N) is 2. The number of benzene rings is 3. The van der Waals surface area contributed by atoms with Crippen molar-refractivity contribution in [3.63, 3.8) is 0 Å². The summed E-state index contributed by atoms with van der Waals surface area (Å²) in [5.41, 5.74) is 1.03. The lowest BCUT2D eigenvalue weighted by Crippen LogP contribution is -2.33. The molecule has 0 aromatic heterocycles. The first-order valence-electron chi connectivity index (χ1n) is 10.3. The van der Waals surface area contributed by atoms with Gasteiger partial charge in [-0.1, -0.05) is 48.2 Å². The lowest BCUT2D eigenvalue weighted by molar-refractivity contribution is -0.121. The number of amides is 2. The van der Waals surface area contributed by atoms with Gasteiger partial charge in [0.25, 0.3) is 10.0 Å². The van der Waals surface area contributed by atoms with Gasteiger partial charge in [-0.15, -0.1) is 4.40 Å². The first-order valence-corrected chi connectivity index (χ1v) is 12.6. The summed E-state index contributed by atoms with van der Waals surface area (Å²) in [5, 5.41) is 1.92. The number of nitrogens with one attached hydrogen (secondary N) is 1. The van der Waals surface area contributed by atoms with Gasteiger partial charge in [0.2, 0.25) is 11.8 Å². The van der Waals surface area contributed by atoms with E-state index in [0.29, 0.717) is 17.1 Å². The molecule has 1 N–H and O–H groups in total. The first-order chi connectivity index (χ1) is 16.4. The minimum atomic E-state index is -4.05. The smallest absolute Gasteiger partial charge is 0.284 e. The Labute approximate surface area is 201 Å². The number of anilines is 2. The van der Waals surface area contributed by atoms with Crippen LogP contribution in [-0.2, 0) is 19.6 Å². The van der Waals surface area contributed by atoms with Crippen LogP contribution in [0.1, 0.15) is 6.42 Å². The van der Waals surface area contributed by atoms with Crippen molar-refractivity contribution in [1.82, 2.24) is 0 Å². The predicted molar refractivity (Wildman–Crippen MR) is 133 cm³/mol. The monoisotopic (exact) mass is 495 g/mol. The summed E-state index contributed by atoms with van der Waals surface area (Å²) < 4.78 is 34.8. The summed E-state index contributed by atoms with van der Waals surface area (Å²) in [7, 11) is -2.51. The SMILES string of the molecule is COc1ccc(NC(=O)C[C@@H]2SC(=NS(=O)(=O)c3ccccc3)N(c3ccccc3)C2=O)cc1. The van der Waals surface area contributed by atoms with E-state index in [-0.39, 0.29) is 22.4 Å². The van der Waals surface area contributed by atoms with E-state index in [1.165, 1.54) is 17.0 Å². The highest BCUT2D eigenvalue weighted by atomic mass is 32.2. The third-order valence-electron chi connectivity index (χ3n) is 4.93. The second-order valence-corrected chi connectivity index (χ2v) is 10.0. The molecule has 3 aromatic carbocycles. The fourth-order valence-electron chi connectivity index (χ4n) is 3.28. The zero-order chi connectivity index (χ0) is 24.1. The third kappa shape index (κ3) is 5.29. The lowest BCUT2D eigenvalue weighted by Gasteiger charge is -2.16. The molecule has 1 atom stereocenters. The summed E-state index contributed by atoms with van der Waals surface area (Å²) in [6.45, 7) is 0. The zero-order valence-corrected chi connectivity index (χ0v) is 19.8. The number of methoxy groups -OCH3 is 1. The molecule has 174 valence electrons. The number of thioether (sulfide) groups is 1. The van der Waals surface area contributed by atoms with Gasteiger partial charge in [0.1, 0.15) is 11.0 Å². The number of rotatable bonds is 7. The van der Waals surface area contributed by atoms with Gasteiger partial charge in [0.15, 0.2) is 5.17 Å². The van der Waals surface area contributed by atoms with Crippen LogP contribution in [0.2, 0.25) is 0 Å². The highest BCUT2D eigenvalue weighted by Gasteiger charge is 2.41. The number of amidine groups is 1. The maximum Gasteiger partial charge on any atom is 0.284 e. The number of ether oxygens (including phenoxy) is 1. The summed E-state index contributed by atoms with van der Waals surface area (Å²) in [4.78, 5) is 27.1. The molecule has 8 nitrogen and oxygen atoms in total. The Morgan fingerprint density at radius 3 is 2.24 bits per heavy atom. The van der Waals surface area contributed by atoms with Gasteiger partial charge in [0.05, 0.1) is 17.7 Å². The quantitative estimate of drug-likeness (QED) is 0.533. The van der Waals surface area contributed by atoms with Gasteiger partial charge in [-0.05, 0) is 48.5 Å². The first kappa shape index (κ1) is 23.5. The highest BCUT2D eigenvalue weighted by molar-refractivity contribution is 8.16. The van der Waals surface area contributed by atoms with Crippen molar-refractivity contribution in [1.29, 1.82) is 0 Å². The number of hydrogen-bond donors (Lipinski definition) is 1. The van der Waals surface area contributed by atoms with Crippen LogP contribution in [0.4, 0.5) is 11.4 Å². The largest absolute Gasteiger partial charge is 0.497 e. The molecule has 1 aliphatic rings. The Balaban J connectivity index is 1.59. The number of carbonyl (C=O) groups is 2. The molecule has 1 fully saturated rings. The lowest BCUT2D eigenvalue weighted by atomic mass is 10.2. The molecular formula is C24H21N3O5S2. The highest BCUT2D eigenvalue weighted by Crippen LogP contribution is 2.35. The van der Waals surface area contributed by atoms with Crippen LogP contribution in [0.3, 0.4) is 0 Å². The average molecular weight is 496 g/mol. The standard InChI is InChI=1S/C24H21N3O5S2/c1-32-19-14-12-17(13-15-19)25-22(28)16-21-23(29)27(18-8-4-2-5-9-18)24(33-21)26-34(30,31)20-10-6-3-7-11-20/h2-15,21H,16H2,1H3,(H,25,28)/t21-/m0/s1. The van der Waals surface area contributed by atoms with Gasteiger partial charge in [0, 0.05) is 12.1 Å². The van der Waals surface area contributed by atoms with Gasteiger partial charge < -0.3 is 10.1 Å². The molecule has 4 rings (SSSR count). The van der Waals surface area contributed by atoms with Crippen molar-refractivity contribution in [2.45, 2.75) is 16.6 Å².